The zero-order valence-electron chi connectivity index (χ0n) is 10.9. The van der Waals surface area contributed by atoms with Crippen LogP contribution in [0, 0.1) is 13.8 Å². The van der Waals surface area contributed by atoms with E-state index in [-0.39, 0.29) is 5.91 Å². The Kier molecular flexibility index (Phi) is 3.24. The number of rotatable bonds is 1. The number of nitrogens with one attached hydrogen (secondary N) is 1. The molecule has 0 unspecified atom stereocenters. The van der Waals surface area contributed by atoms with E-state index in [0.29, 0.717) is 17.8 Å². The number of aryl methyl sites for hydroxylation is 2. The minimum atomic E-state index is 0.0100. The molecule has 2 heterocycles. The van der Waals surface area contributed by atoms with Gasteiger partial charge in [0.25, 0.3) is 5.91 Å². The van der Waals surface area contributed by atoms with Crippen molar-refractivity contribution in [2.45, 2.75) is 39.8 Å². The lowest BCUT2D eigenvalue weighted by Crippen LogP contribution is -2.55. The van der Waals surface area contributed by atoms with Gasteiger partial charge in [-0.3, -0.25) is 4.79 Å². The predicted octanol–water partition coefficient (Wildman–Crippen LogP) is 1.72. The third kappa shape index (κ3) is 2.52. The molecule has 94 valence electrons. The fourth-order valence-electron chi connectivity index (χ4n) is 2.49. The quantitative estimate of drug-likeness (QED) is 0.807. The van der Waals surface area contributed by atoms with Gasteiger partial charge in [0, 0.05) is 30.7 Å². The first kappa shape index (κ1) is 12.2. The summed E-state index contributed by atoms with van der Waals surface area (Å²) in [6.45, 7) is 9.45. The van der Waals surface area contributed by atoms with Gasteiger partial charge in [-0.2, -0.15) is 0 Å². The van der Waals surface area contributed by atoms with E-state index in [0.717, 1.165) is 24.4 Å². The van der Waals surface area contributed by atoms with Crippen LogP contribution in [0.4, 0.5) is 0 Å². The van der Waals surface area contributed by atoms with Gasteiger partial charge in [-0.15, -0.1) is 0 Å². The van der Waals surface area contributed by atoms with Crippen molar-refractivity contribution in [2.75, 3.05) is 13.1 Å². The van der Waals surface area contributed by atoms with Crippen LogP contribution in [0.2, 0.25) is 0 Å². The first-order valence-electron chi connectivity index (χ1n) is 6.09. The lowest BCUT2D eigenvalue weighted by atomic mass is 10.1. The van der Waals surface area contributed by atoms with Crippen LogP contribution in [0.25, 0.3) is 0 Å². The summed E-state index contributed by atoms with van der Waals surface area (Å²) in [5, 5.41) is 3.41. The van der Waals surface area contributed by atoms with Gasteiger partial charge in [0.15, 0.2) is 5.76 Å². The molecule has 2 rings (SSSR count). The molecule has 1 aromatic rings. The lowest BCUT2D eigenvalue weighted by Gasteiger charge is -2.35. The highest BCUT2D eigenvalue weighted by molar-refractivity contribution is 5.93. The second-order valence-corrected chi connectivity index (χ2v) is 5.05. The number of hydrogen-bond acceptors (Lipinski definition) is 3. The summed E-state index contributed by atoms with van der Waals surface area (Å²) < 4.78 is 5.49. The van der Waals surface area contributed by atoms with Crippen molar-refractivity contribution in [1.82, 2.24) is 10.2 Å². The molecule has 2 atom stereocenters. The number of piperazine rings is 1. The smallest absolute Gasteiger partial charge is 0.289 e. The van der Waals surface area contributed by atoms with E-state index in [1.165, 1.54) is 0 Å². The summed E-state index contributed by atoms with van der Waals surface area (Å²) in [5.74, 6) is 1.29. The number of carbonyl (C=O) groups is 1. The second-order valence-electron chi connectivity index (χ2n) is 5.05. The molecule has 1 N–H and O–H groups in total. The fraction of sp³-hybridized carbons (Fsp3) is 0.615. The number of amides is 1. The van der Waals surface area contributed by atoms with E-state index in [9.17, 15) is 4.79 Å². The Morgan fingerprint density at radius 2 is 1.94 bits per heavy atom. The zero-order valence-corrected chi connectivity index (χ0v) is 10.9. The van der Waals surface area contributed by atoms with Gasteiger partial charge in [0.2, 0.25) is 0 Å². The van der Waals surface area contributed by atoms with Crippen molar-refractivity contribution >= 4 is 5.91 Å². The minimum Gasteiger partial charge on any atom is -0.456 e. The van der Waals surface area contributed by atoms with Crippen molar-refractivity contribution in [3.63, 3.8) is 0 Å². The number of furan rings is 1. The molecule has 0 bridgehead atoms. The number of carbonyl (C=O) groups excluding carboxylic acids is 1. The summed E-state index contributed by atoms with van der Waals surface area (Å²) in [6.07, 6.45) is 0. The Hall–Kier alpha value is -1.29. The summed E-state index contributed by atoms with van der Waals surface area (Å²) in [7, 11) is 0. The Morgan fingerprint density at radius 3 is 2.41 bits per heavy atom. The summed E-state index contributed by atoms with van der Waals surface area (Å²) in [6, 6.07) is 2.57. The monoisotopic (exact) mass is 236 g/mol. The van der Waals surface area contributed by atoms with Crippen molar-refractivity contribution in [2.24, 2.45) is 0 Å². The Balaban J connectivity index is 2.17. The molecule has 0 saturated carbocycles. The van der Waals surface area contributed by atoms with Crippen molar-refractivity contribution < 1.29 is 9.21 Å². The van der Waals surface area contributed by atoms with Crippen LogP contribution >= 0.6 is 0 Å². The maximum atomic E-state index is 12.3. The van der Waals surface area contributed by atoms with E-state index in [2.05, 4.69) is 19.2 Å². The van der Waals surface area contributed by atoms with Crippen LogP contribution < -0.4 is 5.32 Å². The van der Waals surface area contributed by atoms with E-state index in [1.54, 1.807) is 0 Å². The molecule has 0 aliphatic carbocycles. The van der Waals surface area contributed by atoms with Crippen LogP contribution in [-0.4, -0.2) is 36.0 Å². The number of hydrogen-bond donors (Lipinski definition) is 1. The van der Waals surface area contributed by atoms with Gasteiger partial charge in [-0.25, -0.2) is 0 Å². The first-order chi connectivity index (χ1) is 7.97. The number of nitrogens with zero attached hydrogens (tertiary/aromatic N) is 1. The predicted molar refractivity (Wildman–Crippen MR) is 66.1 cm³/mol. The van der Waals surface area contributed by atoms with Crippen molar-refractivity contribution in [3.8, 4) is 0 Å². The first-order valence-corrected chi connectivity index (χ1v) is 6.09. The Labute approximate surface area is 102 Å². The highest BCUT2D eigenvalue weighted by Gasteiger charge is 2.28. The SMILES string of the molecule is Cc1cc(C)c(C(=O)N2C[C@@H](C)N[C@@H](C)C2)o1. The molecular formula is C13H20N2O2. The average Bonchev–Trinajstić information content (AvgIpc) is 2.55. The van der Waals surface area contributed by atoms with Crippen molar-refractivity contribution in [3.05, 3.63) is 23.2 Å². The maximum Gasteiger partial charge on any atom is 0.289 e. The van der Waals surface area contributed by atoms with Crippen LogP contribution in [0.15, 0.2) is 10.5 Å². The topological polar surface area (TPSA) is 45.5 Å². The van der Waals surface area contributed by atoms with Crippen LogP contribution in [0.5, 0.6) is 0 Å². The minimum absolute atomic E-state index is 0.0100. The fourth-order valence-corrected chi connectivity index (χ4v) is 2.49. The van der Waals surface area contributed by atoms with E-state index >= 15 is 0 Å². The lowest BCUT2D eigenvalue weighted by molar-refractivity contribution is 0.0639. The molecule has 17 heavy (non-hydrogen) atoms. The van der Waals surface area contributed by atoms with Gasteiger partial charge < -0.3 is 14.6 Å². The van der Waals surface area contributed by atoms with E-state index in [1.807, 2.05) is 24.8 Å². The largest absolute Gasteiger partial charge is 0.456 e. The summed E-state index contributed by atoms with van der Waals surface area (Å²) >= 11 is 0. The molecule has 4 nitrogen and oxygen atoms in total. The average molecular weight is 236 g/mol. The molecule has 0 spiro atoms. The van der Waals surface area contributed by atoms with Gasteiger partial charge in [0.05, 0.1) is 0 Å². The highest BCUT2D eigenvalue weighted by Crippen LogP contribution is 2.17. The van der Waals surface area contributed by atoms with Gasteiger partial charge in [-0.05, 0) is 33.8 Å². The Morgan fingerprint density at radius 1 is 1.35 bits per heavy atom. The molecule has 1 aliphatic rings. The maximum absolute atomic E-state index is 12.3. The van der Waals surface area contributed by atoms with Crippen LogP contribution in [-0.2, 0) is 0 Å². The normalized spacial score (nSPS) is 25.1. The van der Waals surface area contributed by atoms with Crippen LogP contribution in [0.3, 0.4) is 0 Å². The molecule has 1 aliphatic heterocycles. The standard InChI is InChI=1S/C13H20N2O2/c1-8-5-11(4)17-12(8)13(16)15-6-9(2)14-10(3)7-15/h5,9-10,14H,6-7H2,1-4H3/t9-,10+. The molecule has 0 aromatic carbocycles. The second kappa shape index (κ2) is 4.53. The molecule has 1 fully saturated rings. The van der Waals surface area contributed by atoms with Gasteiger partial charge >= 0.3 is 0 Å². The molecule has 1 amide bonds. The third-order valence-electron chi connectivity index (χ3n) is 3.08. The zero-order chi connectivity index (χ0) is 12.6. The van der Waals surface area contributed by atoms with Gasteiger partial charge in [0.1, 0.15) is 5.76 Å². The van der Waals surface area contributed by atoms with Gasteiger partial charge in [-0.1, -0.05) is 0 Å². The van der Waals surface area contributed by atoms with E-state index < -0.39 is 0 Å². The summed E-state index contributed by atoms with van der Waals surface area (Å²) in [4.78, 5) is 14.2. The molecule has 0 radical (unpaired) electrons. The van der Waals surface area contributed by atoms with Crippen LogP contribution in [0.1, 0.15) is 35.7 Å². The molecule has 1 saturated heterocycles. The summed E-state index contributed by atoms with van der Waals surface area (Å²) in [5.41, 5.74) is 0.923. The van der Waals surface area contributed by atoms with E-state index in [4.69, 9.17) is 4.42 Å². The van der Waals surface area contributed by atoms with Crippen molar-refractivity contribution in [1.29, 1.82) is 0 Å². The molecule has 1 aromatic heterocycles. The Bertz CT molecular complexity index is 415. The highest BCUT2D eigenvalue weighted by atomic mass is 16.4. The molecule has 4 heteroatoms. The molecular weight excluding hydrogens is 216 g/mol. The third-order valence-corrected chi connectivity index (χ3v) is 3.08.